The van der Waals surface area contributed by atoms with E-state index in [2.05, 4.69) is 41.0 Å². The molecule has 18 heavy (non-hydrogen) atoms. The molecule has 4 heteroatoms. The molecule has 1 unspecified atom stereocenters. The number of methoxy groups -OCH3 is 1. The van der Waals surface area contributed by atoms with Crippen LogP contribution in [0.15, 0.2) is 22.7 Å². The first-order valence-electron chi connectivity index (χ1n) is 6.03. The summed E-state index contributed by atoms with van der Waals surface area (Å²) in [7, 11) is 5.83. The molecule has 0 spiro atoms. The molecule has 0 saturated heterocycles. The molecule has 1 rings (SSSR count). The quantitative estimate of drug-likeness (QED) is 0.907. The summed E-state index contributed by atoms with van der Waals surface area (Å²) >= 11 is 3.52. The zero-order chi connectivity index (χ0) is 13.9. The highest BCUT2D eigenvalue weighted by Gasteiger charge is 2.25. The van der Waals surface area contributed by atoms with E-state index in [1.54, 1.807) is 7.11 Å². The van der Waals surface area contributed by atoms with Gasteiger partial charge in [-0.2, -0.15) is 0 Å². The third kappa shape index (κ3) is 4.26. The second-order valence-corrected chi connectivity index (χ2v) is 6.47. The Kier molecular flexibility index (Phi) is 5.20. The molecule has 0 aromatic heterocycles. The maximum Gasteiger partial charge on any atom is 0.123 e. The number of hydrogen-bond acceptors (Lipinski definition) is 3. The van der Waals surface area contributed by atoms with Crippen molar-refractivity contribution in [2.45, 2.75) is 31.8 Å². The van der Waals surface area contributed by atoms with Gasteiger partial charge in [0, 0.05) is 21.6 Å². The van der Waals surface area contributed by atoms with E-state index in [0.29, 0.717) is 0 Å². The van der Waals surface area contributed by atoms with Crippen molar-refractivity contribution in [2.24, 2.45) is 5.73 Å². The number of hydrogen-bond donors (Lipinski definition) is 1. The molecule has 1 aromatic rings. The van der Waals surface area contributed by atoms with Crippen LogP contribution in [0.3, 0.4) is 0 Å². The Morgan fingerprint density at radius 3 is 2.44 bits per heavy atom. The number of halogens is 1. The Balaban J connectivity index is 3.16. The van der Waals surface area contributed by atoms with Crippen LogP contribution in [0, 0.1) is 0 Å². The van der Waals surface area contributed by atoms with Crippen LogP contribution in [0.5, 0.6) is 5.75 Å². The standard InChI is InChI=1S/C14H23BrN2O/c1-14(2,16)9-12(17(3)4)11-8-10(15)6-7-13(11)18-5/h6-8,12H,9,16H2,1-5H3. The molecule has 0 aliphatic rings. The van der Waals surface area contributed by atoms with Crippen molar-refractivity contribution in [3.8, 4) is 5.75 Å². The lowest BCUT2D eigenvalue weighted by atomic mass is 9.91. The van der Waals surface area contributed by atoms with E-state index >= 15 is 0 Å². The Hall–Kier alpha value is -0.580. The van der Waals surface area contributed by atoms with Crippen LogP contribution < -0.4 is 10.5 Å². The maximum atomic E-state index is 6.16. The fourth-order valence-corrected chi connectivity index (χ4v) is 2.41. The van der Waals surface area contributed by atoms with Crippen LogP contribution >= 0.6 is 15.9 Å². The molecular formula is C14H23BrN2O. The van der Waals surface area contributed by atoms with Gasteiger partial charge in [-0.05, 0) is 52.6 Å². The lowest BCUT2D eigenvalue weighted by Crippen LogP contribution is -2.37. The van der Waals surface area contributed by atoms with Crippen molar-refractivity contribution in [1.29, 1.82) is 0 Å². The van der Waals surface area contributed by atoms with Gasteiger partial charge in [-0.3, -0.25) is 0 Å². The largest absolute Gasteiger partial charge is 0.496 e. The lowest BCUT2D eigenvalue weighted by Gasteiger charge is -2.32. The first-order chi connectivity index (χ1) is 8.24. The fraction of sp³-hybridized carbons (Fsp3) is 0.571. The van der Waals surface area contributed by atoms with Gasteiger partial charge in [0.1, 0.15) is 5.75 Å². The minimum atomic E-state index is -0.220. The molecule has 0 fully saturated rings. The molecule has 2 N–H and O–H groups in total. The van der Waals surface area contributed by atoms with Gasteiger partial charge >= 0.3 is 0 Å². The summed E-state index contributed by atoms with van der Waals surface area (Å²) in [4.78, 5) is 2.18. The first-order valence-corrected chi connectivity index (χ1v) is 6.82. The normalized spacial score (nSPS) is 13.8. The van der Waals surface area contributed by atoms with Gasteiger partial charge in [-0.15, -0.1) is 0 Å². The van der Waals surface area contributed by atoms with Crippen LogP contribution in [0.2, 0.25) is 0 Å². The molecule has 0 saturated carbocycles. The van der Waals surface area contributed by atoms with Crippen molar-refractivity contribution in [2.75, 3.05) is 21.2 Å². The average molecular weight is 315 g/mol. The van der Waals surface area contributed by atoms with E-state index < -0.39 is 0 Å². The predicted molar refractivity (Wildman–Crippen MR) is 80.0 cm³/mol. The topological polar surface area (TPSA) is 38.5 Å². The molecule has 0 aliphatic heterocycles. The molecule has 0 radical (unpaired) electrons. The number of benzene rings is 1. The van der Waals surface area contributed by atoms with Gasteiger partial charge in [0.2, 0.25) is 0 Å². The summed E-state index contributed by atoms with van der Waals surface area (Å²) < 4.78 is 6.51. The zero-order valence-electron chi connectivity index (χ0n) is 11.8. The fourth-order valence-electron chi connectivity index (χ4n) is 2.03. The highest BCUT2D eigenvalue weighted by molar-refractivity contribution is 9.10. The molecule has 0 amide bonds. The summed E-state index contributed by atoms with van der Waals surface area (Å²) in [5.74, 6) is 0.904. The second kappa shape index (κ2) is 6.04. The second-order valence-electron chi connectivity index (χ2n) is 5.56. The average Bonchev–Trinajstić information content (AvgIpc) is 2.24. The Labute approximate surface area is 118 Å². The Morgan fingerprint density at radius 2 is 2.00 bits per heavy atom. The Bertz CT molecular complexity index is 399. The number of ether oxygens (including phenoxy) is 1. The van der Waals surface area contributed by atoms with Crippen molar-refractivity contribution >= 4 is 15.9 Å². The van der Waals surface area contributed by atoms with Gasteiger partial charge in [0.15, 0.2) is 0 Å². The van der Waals surface area contributed by atoms with Gasteiger partial charge in [0.05, 0.1) is 7.11 Å². The number of rotatable bonds is 5. The van der Waals surface area contributed by atoms with Crippen molar-refractivity contribution in [3.63, 3.8) is 0 Å². The molecular weight excluding hydrogens is 292 g/mol. The van der Waals surface area contributed by atoms with Crippen LogP contribution in [0.25, 0.3) is 0 Å². The molecule has 0 aliphatic carbocycles. The summed E-state index contributed by atoms with van der Waals surface area (Å²) in [6.07, 6.45) is 0.868. The van der Waals surface area contributed by atoms with E-state index in [1.165, 1.54) is 0 Å². The van der Waals surface area contributed by atoms with E-state index in [1.807, 2.05) is 26.0 Å². The van der Waals surface area contributed by atoms with E-state index in [9.17, 15) is 0 Å². The number of nitrogens with two attached hydrogens (primary N) is 1. The third-order valence-electron chi connectivity index (χ3n) is 2.89. The maximum absolute atomic E-state index is 6.16. The van der Waals surface area contributed by atoms with Gasteiger partial charge in [-0.1, -0.05) is 15.9 Å². The highest BCUT2D eigenvalue weighted by Crippen LogP contribution is 2.35. The minimum Gasteiger partial charge on any atom is -0.496 e. The van der Waals surface area contributed by atoms with Crippen LogP contribution in [-0.4, -0.2) is 31.6 Å². The molecule has 0 bridgehead atoms. The highest BCUT2D eigenvalue weighted by atomic mass is 79.9. The van der Waals surface area contributed by atoms with E-state index in [4.69, 9.17) is 10.5 Å². The number of nitrogens with zero attached hydrogens (tertiary/aromatic N) is 1. The summed E-state index contributed by atoms with van der Waals surface area (Å²) in [5.41, 5.74) is 7.10. The smallest absolute Gasteiger partial charge is 0.123 e. The monoisotopic (exact) mass is 314 g/mol. The van der Waals surface area contributed by atoms with Gasteiger partial charge in [-0.25, -0.2) is 0 Å². The van der Waals surface area contributed by atoms with E-state index in [0.717, 1.165) is 22.2 Å². The van der Waals surface area contributed by atoms with E-state index in [-0.39, 0.29) is 11.6 Å². The van der Waals surface area contributed by atoms with Crippen molar-refractivity contribution in [1.82, 2.24) is 4.90 Å². The molecule has 3 nitrogen and oxygen atoms in total. The molecule has 0 heterocycles. The van der Waals surface area contributed by atoms with Crippen LogP contribution in [-0.2, 0) is 0 Å². The SMILES string of the molecule is COc1ccc(Br)cc1C(CC(C)(C)N)N(C)C. The summed E-state index contributed by atoms with van der Waals surface area (Å²) in [6.45, 7) is 4.10. The third-order valence-corrected chi connectivity index (χ3v) is 3.39. The summed E-state index contributed by atoms with van der Waals surface area (Å²) in [5, 5.41) is 0. The predicted octanol–water partition coefficient (Wildman–Crippen LogP) is 3.19. The van der Waals surface area contributed by atoms with Crippen LogP contribution in [0.4, 0.5) is 0 Å². The summed E-state index contributed by atoms with van der Waals surface area (Å²) in [6, 6.07) is 6.31. The minimum absolute atomic E-state index is 0.220. The van der Waals surface area contributed by atoms with Gasteiger partial charge < -0.3 is 15.4 Å². The van der Waals surface area contributed by atoms with Crippen molar-refractivity contribution < 1.29 is 4.74 Å². The van der Waals surface area contributed by atoms with Crippen molar-refractivity contribution in [3.05, 3.63) is 28.2 Å². The zero-order valence-corrected chi connectivity index (χ0v) is 13.4. The first kappa shape index (κ1) is 15.5. The van der Waals surface area contributed by atoms with Gasteiger partial charge in [0.25, 0.3) is 0 Å². The molecule has 1 aromatic carbocycles. The van der Waals surface area contributed by atoms with Crippen LogP contribution in [0.1, 0.15) is 31.9 Å². The molecule has 1 atom stereocenters. The molecule has 102 valence electrons. The lowest BCUT2D eigenvalue weighted by molar-refractivity contribution is 0.237. The Morgan fingerprint density at radius 1 is 1.39 bits per heavy atom.